The van der Waals surface area contributed by atoms with Crippen molar-refractivity contribution in [2.24, 2.45) is 5.41 Å². The van der Waals surface area contributed by atoms with Gasteiger partial charge >= 0.3 is 6.18 Å². The van der Waals surface area contributed by atoms with E-state index in [1.165, 1.54) is 13.0 Å². The molecule has 0 saturated heterocycles. The summed E-state index contributed by atoms with van der Waals surface area (Å²) < 4.78 is 57.0. The average Bonchev–Trinajstić information content (AvgIpc) is 3.09. The van der Waals surface area contributed by atoms with Gasteiger partial charge in [-0.15, -0.1) is 0 Å². The molecule has 2 aliphatic rings. The first kappa shape index (κ1) is 19.5. The van der Waals surface area contributed by atoms with E-state index in [1.54, 1.807) is 36.5 Å². The molecule has 1 aromatic carbocycles. The summed E-state index contributed by atoms with van der Waals surface area (Å²) in [4.78, 5) is 0. The van der Waals surface area contributed by atoms with E-state index in [9.17, 15) is 17.6 Å². The minimum atomic E-state index is -4.58. The van der Waals surface area contributed by atoms with Crippen molar-refractivity contribution in [2.75, 3.05) is 0 Å². The molecule has 0 fully saturated rings. The number of allylic oxidation sites excluding steroid dienone is 3. The summed E-state index contributed by atoms with van der Waals surface area (Å²) in [5, 5.41) is 6.12. The third-order valence-electron chi connectivity index (χ3n) is 5.53. The second-order valence-corrected chi connectivity index (χ2v) is 7.24. The minimum absolute atomic E-state index is 0.218. The highest BCUT2D eigenvalue weighted by Crippen LogP contribution is 2.51. The summed E-state index contributed by atoms with van der Waals surface area (Å²) in [5.74, 6) is -0.736. The lowest BCUT2D eigenvalue weighted by molar-refractivity contribution is -0.214. The third kappa shape index (κ3) is 3.75. The van der Waals surface area contributed by atoms with Crippen LogP contribution < -0.4 is 10.6 Å². The van der Waals surface area contributed by atoms with Crippen molar-refractivity contribution >= 4 is 5.57 Å². The van der Waals surface area contributed by atoms with E-state index < -0.39 is 29.9 Å². The molecule has 27 heavy (non-hydrogen) atoms. The highest BCUT2D eigenvalue weighted by molar-refractivity contribution is 5.77. The molecule has 0 saturated carbocycles. The van der Waals surface area contributed by atoms with Gasteiger partial charge in [-0.25, -0.2) is 4.39 Å². The number of benzene rings is 1. The molecule has 0 spiro atoms. The number of hydrogen-bond donors (Lipinski definition) is 2. The van der Waals surface area contributed by atoms with Crippen molar-refractivity contribution < 1.29 is 17.6 Å². The first-order chi connectivity index (χ1) is 12.8. The zero-order chi connectivity index (χ0) is 19.7. The maximum atomic E-state index is 14.8. The van der Waals surface area contributed by atoms with E-state index >= 15 is 0 Å². The summed E-state index contributed by atoms with van der Waals surface area (Å²) in [5.41, 5.74) is -0.767. The Kier molecular flexibility index (Phi) is 5.36. The van der Waals surface area contributed by atoms with Gasteiger partial charge in [0, 0.05) is 42.4 Å². The third-order valence-corrected chi connectivity index (χ3v) is 5.53. The Morgan fingerprint density at radius 2 is 1.96 bits per heavy atom. The molecule has 1 heterocycles. The van der Waals surface area contributed by atoms with Crippen LogP contribution in [0.2, 0.25) is 0 Å². The van der Waals surface area contributed by atoms with Gasteiger partial charge in [0.25, 0.3) is 0 Å². The van der Waals surface area contributed by atoms with Gasteiger partial charge in [-0.3, -0.25) is 0 Å². The van der Waals surface area contributed by atoms with Crippen LogP contribution in [-0.2, 0) is 0 Å². The zero-order valence-corrected chi connectivity index (χ0v) is 15.4. The standard InChI is InChI=1S/C21H24F4N2/c1-3-16-11-17(13-26-16)27-14(2)20(21(23,24)25)10-9-18(19(22)12-20)15-7-5-4-6-8-15/h4-10,13-14,16,26-27H,3,11-12H2,1-2H3/t14?,16-,20?/m0/s1. The lowest BCUT2D eigenvalue weighted by atomic mass is 9.72. The fourth-order valence-corrected chi connectivity index (χ4v) is 3.71. The Balaban J connectivity index is 1.86. The van der Waals surface area contributed by atoms with Gasteiger partial charge in [-0.2, -0.15) is 13.2 Å². The summed E-state index contributed by atoms with van der Waals surface area (Å²) in [7, 11) is 0. The van der Waals surface area contributed by atoms with Crippen LogP contribution in [0.4, 0.5) is 17.6 Å². The maximum absolute atomic E-state index is 14.8. The maximum Gasteiger partial charge on any atom is 0.400 e. The molecule has 3 atom stereocenters. The summed E-state index contributed by atoms with van der Waals surface area (Å²) in [6.07, 6.45) is 0.370. The summed E-state index contributed by atoms with van der Waals surface area (Å²) in [6, 6.07) is 7.88. The highest BCUT2D eigenvalue weighted by atomic mass is 19.4. The van der Waals surface area contributed by atoms with E-state index in [4.69, 9.17) is 0 Å². The summed E-state index contributed by atoms with van der Waals surface area (Å²) >= 11 is 0. The molecule has 1 aliphatic carbocycles. The SMILES string of the molecule is CC[C@H]1CC(NC(C)C2(C(F)(F)F)C=CC(c3ccccc3)=C(F)C2)=CN1. The number of nitrogens with one attached hydrogen (secondary N) is 2. The molecule has 0 radical (unpaired) electrons. The Hall–Kier alpha value is -2.24. The first-order valence-electron chi connectivity index (χ1n) is 9.18. The van der Waals surface area contributed by atoms with Crippen molar-refractivity contribution in [2.45, 2.75) is 51.4 Å². The van der Waals surface area contributed by atoms with Crippen molar-refractivity contribution in [3.63, 3.8) is 0 Å². The van der Waals surface area contributed by atoms with Gasteiger partial charge in [-0.1, -0.05) is 49.4 Å². The van der Waals surface area contributed by atoms with Crippen LogP contribution in [-0.4, -0.2) is 18.3 Å². The van der Waals surface area contributed by atoms with Crippen molar-refractivity contribution in [3.8, 4) is 0 Å². The number of alkyl halides is 3. The largest absolute Gasteiger partial charge is 0.400 e. The van der Waals surface area contributed by atoms with Gasteiger partial charge in [0.2, 0.25) is 0 Å². The van der Waals surface area contributed by atoms with Gasteiger partial charge in [-0.05, 0) is 18.9 Å². The van der Waals surface area contributed by atoms with Gasteiger partial charge in [0.1, 0.15) is 11.2 Å². The predicted molar refractivity (Wildman–Crippen MR) is 99.2 cm³/mol. The molecule has 2 nitrogen and oxygen atoms in total. The summed E-state index contributed by atoms with van der Waals surface area (Å²) in [6.45, 7) is 3.49. The molecule has 2 N–H and O–H groups in total. The fraction of sp³-hybridized carbons (Fsp3) is 0.429. The van der Waals surface area contributed by atoms with Crippen LogP contribution in [0.3, 0.4) is 0 Å². The molecule has 0 amide bonds. The predicted octanol–water partition coefficient (Wildman–Crippen LogP) is 5.47. The Bertz CT molecular complexity index is 764. The molecule has 3 rings (SSSR count). The van der Waals surface area contributed by atoms with Gasteiger partial charge in [0.15, 0.2) is 0 Å². The fourth-order valence-electron chi connectivity index (χ4n) is 3.71. The van der Waals surface area contributed by atoms with Crippen LogP contribution in [0.25, 0.3) is 5.57 Å². The van der Waals surface area contributed by atoms with Crippen LogP contribution in [0.1, 0.15) is 38.7 Å². The van der Waals surface area contributed by atoms with E-state index in [1.807, 2.05) is 6.92 Å². The molecule has 1 aliphatic heterocycles. The van der Waals surface area contributed by atoms with Crippen LogP contribution >= 0.6 is 0 Å². The van der Waals surface area contributed by atoms with E-state index in [2.05, 4.69) is 10.6 Å². The number of halogens is 4. The van der Waals surface area contributed by atoms with E-state index in [0.717, 1.165) is 18.2 Å². The van der Waals surface area contributed by atoms with Crippen molar-refractivity contribution in [3.05, 3.63) is 65.8 Å². The molecule has 0 bridgehead atoms. The van der Waals surface area contributed by atoms with Gasteiger partial charge < -0.3 is 10.6 Å². The molecule has 2 unspecified atom stereocenters. The molecule has 146 valence electrons. The zero-order valence-electron chi connectivity index (χ0n) is 15.4. The lowest BCUT2D eigenvalue weighted by Crippen LogP contribution is -2.51. The van der Waals surface area contributed by atoms with Crippen molar-refractivity contribution in [1.82, 2.24) is 10.6 Å². The topological polar surface area (TPSA) is 24.1 Å². The number of rotatable bonds is 5. The smallest absolute Gasteiger partial charge is 0.386 e. The Labute approximate surface area is 157 Å². The van der Waals surface area contributed by atoms with E-state index in [0.29, 0.717) is 12.0 Å². The highest BCUT2D eigenvalue weighted by Gasteiger charge is 2.58. The minimum Gasteiger partial charge on any atom is -0.386 e. The van der Waals surface area contributed by atoms with Crippen LogP contribution in [0.15, 0.2) is 60.2 Å². The molecular formula is C21H24F4N2. The molecule has 1 aromatic rings. The molecular weight excluding hydrogens is 356 g/mol. The van der Waals surface area contributed by atoms with E-state index in [-0.39, 0.29) is 11.6 Å². The monoisotopic (exact) mass is 380 g/mol. The second-order valence-electron chi connectivity index (χ2n) is 7.24. The molecule has 6 heteroatoms. The lowest BCUT2D eigenvalue weighted by Gasteiger charge is -2.40. The second kappa shape index (κ2) is 7.41. The Morgan fingerprint density at radius 1 is 1.26 bits per heavy atom. The van der Waals surface area contributed by atoms with Crippen LogP contribution in [0.5, 0.6) is 0 Å². The molecule has 0 aromatic heterocycles. The normalized spacial score (nSPS) is 26.6. The quantitative estimate of drug-likeness (QED) is 0.662. The van der Waals surface area contributed by atoms with Crippen LogP contribution in [0, 0.1) is 5.41 Å². The average molecular weight is 380 g/mol. The first-order valence-corrected chi connectivity index (χ1v) is 9.18. The Morgan fingerprint density at radius 3 is 2.52 bits per heavy atom. The number of hydrogen-bond acceptors (Lipinski definition) is 2. The van der Waals surface area contributed by atoms with Crippen molar-refractivity contribution in [1.29, 1.82) is 0 Å². The van der Waals surface area contributed by atoms with Gasteiger partial charge in [0.05, 0.1) is 0 Å².